The molecule has 0 radical (unpaired) electrons. The van der Waals surface area contributed by atoms with E-state index >= 15 is 0 Å². The van der Waals surface area contributed by atoms with Gasteiger partial charge in [-0.1, -0.05) is 20.8 Å². The highest BCUT2D eigenvalue weighted by Gasteiger charge is 2.53. The summed E-state index contributed by atoms with van der Waals surface area (Å²) in [6, 6.07) is 0. The van der Waals surface area contributed by atoms with Crippen LogP contribution in [0.15, 0.2) is 0 Å². The Kier molecular flexibility index (Phi) is 23.4. The smallest absolute Gasteiger partial charge is 0.367 e. The van der Waals surface area contributed by atoms with Gasteiger partial charge in [0.05, 0.1) is 33.6 Å². The number of rotatable bonds is 18. The molecule has 0 spiro atoms. The predicted octanol–water partition coefficient (Wildman–Crippen LogP) is 8.58. The van der Waals surface area contributed by atoms with Crippen molar-refractivity contribution >= 4 is 27.1 Å². The molecule has 312 valence electrons. The molecular formula is C36H84O12Si3. The molecule has 0 aliphatic carbocycles. The average molecular weight is 793 g/mol. The van der Waals surface area contributed by atoms with E-state index in [4.69, 9.17) is 39.8 Å². The van der Waals surface area contributed by atoms with Crippen molar-refractivity contribution in [1.82, 2.24) is 0 Å². The number of hydrogen-bond acceptors (Lipinski definition) is 12. The molecule has 51 heavy (non-hydrogen) atoms. The van der Waals surface area contributed by atoms with E-state index in [0.29, 0.717) is 0 Å². The molecule has 0 aliphatic heterocycles. The quantitative estimate of drug-likeness (QED) is 0.114. The van der Waals surface area contributed by atoms with Crippen LogP contribution in [0.3, 0.4) is 0 Å². The maximum absolute atomic E-state index is 10.9. The summed E-state index contributed by atoms with van der Waals surface area (Å²) >= 11 is 0. The van der Waals surface area contributed by atoms with Crippen LogP contribution in [0.25, 0.3) is 0 Å². The van der Waals surface area contributed by atoms with Gasteiger partial charge in [0, 0.05) is 18.3 Å². The Morgan fingerprint density at radius 3 is 0.667 bits per heavy atom. The maximum Gasteiger partial charge on any atom is 0.678 e. The molecule has 0 aromatic rings. The topological polar surface area (TPSA) is 144 Å². The molecular weight excluding hydrogens is 709 g/mol. The van der Waals surface area contributed by atoms with E-state index in [1.165, 1.54) is 0 Å². The van der Waals surface area contributed by atoms with Crippen molar-refractivity contribution in [2.24, 2.45) is 0 Å². The Balaban J connectivity index is -0.000000689. The van der Waals surface area contributed by atoms with Crippen molar-refractivity contribution in [1.29, 1.82) is 0 Å². The van der Waals surface area contributed by atoms with Gasteiger partial charge in [-0.25, -0.2) is 0 Å². The van der Waals surface area contributed by atoms with Crippen LogP contribution < -0.4 is 0 Å². The monoisotopic (exact) mass is 793 g/mol. The van der Waals surface area contributed by atoms with E-state index in [0.717, 1.165) is 19.3 Å². The second-order valence-corrected chi connectivity index (χ2v) is 23.4. The summed E-state index contributed by atoms with van der Waals surface area (Å²) < 4.78 is 50.5. The van der Waals surface area contributed by atoms with Gasteiger partial charge in [0.1, 0.15) is 0 Å². The molecule has 0 heterocycles. The van der Waals surface area contributed by atoms with E-state index < -0.39 is 60.8 Å². The zero-order valence-electron chi connectivity index (χ0n) is 37.4. The van der Waals surface area contributed by atoms with Crippen LogP contribution in [-0.2, 0) is 39.8 Å². The highest BCUT2D eigenvalue weighted by molar-refractivity contribution is 6.53. The Bertz CT molecular complexity index is 824. The zero-order valence-corrected chi connectivity index (χ0v) is 40.4. The summed E-state index contributed by atoms with van der Waals surface area (Å²) in [4.78, 5) is 31.4. The molecule has 0 saturated carbocycles. The molecule has 0 fully saturated rings. The molecule has 3 N–H and O–H groups in total. The average Bonchev–Trinajstić information content (AvgIpc) is 2.77. The number of hydrogen-bond donors (Lipinski definition) is 3. The first-order chi connectivity index (χ1) is 22.2. The Hall–Kier alpha value is 0.171. The lowest BCUT2D eigenvalue weighted by Gasteiger charge is -2.40. The van der Waals surface area contributed by atoms with Crippen LogP contribution in [0, 0.1) is 0 Å². The lowest BCUT2D eigenvalue weighted by molar-refractivity contribution is -0.132. The molecule has 0 atom stereocenters. The third-order valence-corrected chi connectivity index (χ3v) is 13.6. The van der Waals surface area contributed by atoms with E-state index in [2.05, 4.69) is 0 Å². The summed E-state index contributed by atoms with van der Waals surface area (Å²) in [6.07, 6.45) is 1.99. The van der Waals surface area contributed by atoms with Crippen molar-refractivity contribution < 1.29 is 54.2 Å². The van der Waals surface area contributed by atoms with Gasteiger partial charge in [-0.05, 0) is 165 Å². The molecule has 0 amide bonds. The molecule has 0 unspecified atom stereocenters. The normalized spacial score (nSPS) is 14.5. The highest BCUT2D eigenvalue weighted by Crippen LogP contribution is 2.31. The largest absolute Gasteiger partial charge is 0.678 e. The molecule has 0 aromatic heterocycles. The lowest BCUT2D eigenvalue weighted by Crippen LogP contribution is -2.58. The van der Waals surface area contributed by atoms with Crippen LogP contribution in [-0.4, -0.2) is 93.4 Å². The second-order valence-electron chi connectivity index (χ2n) is 18.4. The summed E-state index contributed by atoms with van der Waals surface area (Å²) in [5.41, 5.74) is -2.98. The zero-order chi connectivity index (χ0) is 41.7. The van der Waals surface area contributed by atoms with Gasteiger partial charge in [0.2, 0.25) is 0 Å². The van der Waals surface area contributed by atoms with Crippen molar-refractivity contribution in [3.8, 4) is 0 Å². The van der Waals surface area contributed by atoms with Gasteiger partial charge in [0.25, 0.3) is 0 Å². The van der Waals surface area contributed by atoms with Gasteiger partial charge < -0.3 is 54.2 Å². The first-order valence-electron chi connectivity index (χ1n) is 18.6. The van der Waals surface area contributed by atoms with Crippen LogP contribution >= 0.6 is 0 Å². The summed E-state index contributed by atoms with van der Waals surface area (Å²) in [5, 5.41) is 0. The van der Waals surface area contributed by atoms with Crippen LogP contribution in [0.2, 0.25) is 0 Å². The van der Waals surface area contributed by atoms with E-state index in [1.807, 2.05) is 166 Å². The minimum Gasteiger partial charge on any atom is -0.367 e. The fourth-order valence-electron chi connectivity index (χ4n) is 3.53. The van der Waals surface area contributed by atoms with Gasteiger partial charge in [0.15, 0.2) is 0 Å². The summed E-state index contributed by atoms with van der Waals surface area (Å²) in [7, 11) is -10.8. The first kappa shape index (κ1) is 55.5. The van der Waals surface area contributed by atoms with Crippen molar-refractivity contribution in [2.75, 3.05) is 0 Å². The van der Waals surface area contributed by atoms with Crippen LogP contribution in [0.1, 0.15) is 185 Å². The molecule has 0 aliphatic rings. The van der Waals surface area contributed by atoms with Crippen LogP contribution in [0.4, 0.5) is 0 Å². The minimum absolute atomic E-state index is 0.107. The molecule has 0 saturated heterocycles. The van der Waals surface area contributed by atoms with Gasteiger partial charge in [-0.15, -0.1) is 0 Å². The standard InChI is InChI=1S/C15H34O4Si.C12H28O4Si.C9H22O4Si/c1-10-13(4,5)17-20(16,18-14(6,7)11-2)19-15(8,9)12-3;1-10(2,3)14-17(13,15-11(4,5)6)16-12(7,8)9;1-7(2)11-14(10,12-8(3)4)13-9(5)6/h16H,10-12H2,1-9H3;13H,1-9H3;7-10H,1-6H3. The van der Waals surface area contributed by atoms with E-state index in [-0.39, 0.29) is 18.3 Å². The first-order valence-corrected chi connectivity index (χ1v) is 23.6. The Morgan fingerprint density at radius 2 is 0.529 bits per heavy atom. The summed E-state index contributed by atoms with van der Waals surface area (Å²) in [6.45, 7) is 45.5. The van der Waals surface area contributed by atoms with Crippen molar-refractivity contribution in [2.45, 2.75) is 237 Å². The van der Waals surface area contributed by atoms with Gasteiger partial charge >= 0.3 is 27.1 Å². The SMILES string of the molecule is CC(C)(C)O[Si](O)(OC(C)(C)C)OC(C)(C)C.CC(C)O[Si](O)(OC(C)C)OC(C)C.CCC(C)(C)O[Si](O)(OC(C)(C)CC)OC(C)(C)CC. The molecule has 0 rings (SSSR count). The predicted molar refractivity (Wildman–Crippen MR) is 211 cm³/mol. The fraction of sp³-hybridized carbons (Fsp3) is 1.00. The van der Waals surface area contributed by atoms with Crippen molar-refractivity contribution in [3.63, 3.8) is 0 Å². The summed E-state index contributed by atoms with van der Waals surface area (Å²) in [5.74, 6) is 0. The molecule has 15 heteroatoms. The molecule has 12 nitrogen and oxygen atoms in total. The van der Waals surface area contributed by atoms with E-state index in [1.54, 1.807) is 0 Å². The van der Waals surface area contributed by atoms with Gasteiger partial charge in [-0.3, -0.25) is 0 Å². The minimum atomic E-state index is -3.72. The fourth-order valence-corrected chi connectivity index (χ4v) is 10.6. The lowest BCUT2D eigenvalue weighted by atomic mass is 10.1. The van der Waals surface area contributed by atoms with E-state index in [9.17, 15) is 14.4 Å². The second kappa shape index (κ2) is 21.5. The van der Waals surface area contributed by atoms with Crippen LogP contribution in [0.5, 0.6) is 0 Å². The van der Waals surface area contributed by atoms with Gasteiger partial charge in [-0.2, -0.15) is 0 Å². The molecule has 0 aromatic carbocycles. The highest BCUT2D eigenvalue weighted by atomic mass is 28.4. The third kappa shape index (κ3) is 32.2. The third-order valence-electron chi connectivity index (χ3n) is 6.23. The Morgan fingerprint density at radius 1 is 0.353 bits per heavy atom. The Labute approximate surface area is 318 Å². The molecule has 0 bridgehead atoms. The maximum atomic E-state index is 10.9. The van der Waals surface area contributed by atoms with Crippen molar-refractivity contribution in [3.05, 3.63) is 0 Å².